The summed E-state index contributed by atoms with van der Waals surface area (Å²) in [6, 6.07) is 3.80. The lowest BCUT2D eigenvalue weighted by Gasteiger charge is -2.24. The minimum absolute atomic E-state index is 0.120. The first-order chi connectivity index (χ1) is 10.9. The summed E-state index contributed by atoms with van der Waals surface area (Å²) >= 11 is 0. The first-order valence-electron chi connectivity index (χ1n) is 8.02. The van der Waals surface area contributed by atoms with Gasteiger partial charge in [0.05, 0.1) is 31.3 Å². The van der Waals surface area contributed by atoms with Crippen LogP contribution in [0.4, 0.5) is 5.82 Å². The molecule has 1 N–H and O–H groups in total. The largest absolute Gasteiger partial charge is 0.378 e. The number of carbonyl (C=O) groups is 1. The summed E-state index contributed by atoms with van der Waals surface area (Å²) in [5.41, 5.74) is 0.318. The van der Waals surface area contributed by atoms with Crippen molar-refractivity contribution in [3.63, 3.8) is 0 Å². The predicted octanol–water partition coefficient (Wildman–Crippen LogP) is 2.64. The standard InChI is InChI=1S/C17H25N3O3/c1-17(2,3)20-11-13(10-18)9-15(20)19-16(21)6-8-22-12-14-5-4-7-23-14/h9,11,14H,4-8,12H2,1-3H3,(H,19,21)/t14-/m0/s1. The molecule has 6 heteroatoms. The van der Waals surface area contributed by atoms with Crippen LogP contribution in [0, 0.1) is 11.3 Å². The van der Waals surface area contributed by atoms with E-state index in [1.807, 2.05) is 25.3 Å². The van der Waals surface area contributed by atoms with Crippen LogP contribution in [0.3, 0.4) is 0 Å². The number of hydrogen-bond acceptors (Lipinski definition) is 4. The molecule has 1 aromatic rings. The van der Waals surface area contributed by atoms with Gasteiger partial charge in [0.2, 0.25) is 5.91 Å². The van der Waals surface area contributed by atoms with E-state index in [9.17, 15) is 4.79 Å². The Bertz CT molecular complexity index is 575. The van der Waals surface area contributed by atoms with Crippen molar-refractivity contribution in [3.05, 3.63) is 17.8 Å². The van der Waals surface area contributed by atoms with Crippen LogP contribution >= 0.6 is 0 Å². The molecule has 126 valence electrons. The van der Waals surface area contributed by atoms with Gasteiger partial charge in [-0.3, -0.25) is 4.79 Å². The summed E-state index contributed by atoms with van der Waals surface area (Å²) < 4.78 is 12.9. The summed E-state index contributed by atoms with van der Waals surface area (Å²) in [6.07, 6.45) is 4.32. The highest BCUT2D eigenvalue weighted by Crippen LogP contribution is 2.24. The average molecular weight is 319 g/mol. The zero-order valence-corrected chi connectivity index (χ0v) is 14.1. The number of amides is 1. The molecule has 0 saturated carbocycles. The lowest BCUT2D eigenvalue weighted by Crippen LogP contribution is -2.25. The number of nitrogens with one attached hydrogen (secondary N) is 1. The fraction of sp³-hybridized carbons (Fsp3) is 0.647. The number of nitrogens with zero attached hydrogens (tertiary/aromatic N) is 2. The van der Waals surface area contributed by atoms with Gasteiger partial charge in [0.25, 0.3) is 0 Å². The van der Waals surface area contributed by atoms with E-state index < -0.39 is 0 Å². The molecule has 0 aliphatic carbocycles. The Kier molecular flexibility index (Phi) is 5.80. The van der Waals surface area contributed by atoms with Crippen LogP contribution in [0.5, 0.6) is 0 Å². The van der Waals surface area contributed by atoms with Gasteiger partial charge in [-0.05, 0) is 39.7 Å². The highest BCUT2D eigenvalue weighted by atomic mass is 16.5. The number of anilines is 1. The molecule has 1 fully saturated rings. The highest BCUT2D eigenvalue weighted by molar-refractivity contribution is 5.90. The van der Waals surface area contributed by atoms with Crippen molar-refractivity contribution in [2.75, 3.05) is 25.1 Å². The van der Waals surface area contributed by atoms with E-state index in [0.29, 0.717) is 24.6 Å². The SMILES string of the molecule is CC(C)(C)n1cc(C#N)cc1NC(=O)CCOC[C@@H]1CCCO1. The molecule has 2 heterocycles. The first kappa shape index (κ1) is 17.5. The van der Waals surface area contributed by atoms with Gasteiger partial charge >= 0.3 is 0 Å². The van der Waals surface area contributed by atoms with Crippen LogP contribution in [0.1, 0.15) is 45.6 Å². The fourth-order valence-electron chi connectivity index (χ4n) is 2.54. The van der Waals surface area contributed by atoms with Gasteiger partial charge in [-0.1, -0.05) is 0 Å². The zero-order chi connectivity index (χ0) is 16.9. The second-order valence-electron chi connectivity index (χ2n) is 6.77. The zero-order valence-electron chi connectivity index (χ0n) is 14.1. The second-order valence-corrected chi connectivity index (χ2v) is 6.77. The van der Waals surface area contributed by atoms with Crippen LogP contribution in [0.2, 0.25) is 0 Å². The Balaban J connectivity index is 1.82. The molecule has 1 saturated heterocycles. The number of nitriles is 1. The fourth-order valence-corrected chi connectivity index (χ4v) is 2.54. The molecule has 23 heavy (non-hydrogen) atoms. The van der Waals surface area contributed by atoms with Gasteiger partial charge in [0, 0.05) is 18.3 Å². The van der Waals surface area contributed by atoms with E-state index in [4.69, 9.17) is 14.7 Å². The van der Waals surface area contributed by atoms with Gasteiger partial charge in [-0.2, -0.15) is 5.26 Å². The van der Waals surface area contributed by atoms with Crippen LogP contribution in [-0.2, 0) is 19.8 Å². The lowest BCUT2D eigenvalue weighted by molar-refractivity contribution is -0.117. The third kappa shape index (κ3) is 5.08. The Labute approximate surface area is 137 Å². The second kappa shape index (κ2) is 7.62. The van der Waals surface area contributed by atoms with Gasteiger partial charge in [-0.15, -0.1) is 0 Å². The Morgan fingerprint density at radius 1 is 1.57 bits per heavy atom. The Morgan fingerprint density at radius 2 is 2.35 bits per heavy atom. The third-order valence-corrected chi connectivity index (χ3v) is 3.74. The van der Waals surface area contributed by atoms with Crippen molar-refractivity contribution in [3.8, 4) is 6.07 Å². The normalized spacial score (nSPS) is 17.9. The molecule has 0 radical (unpaired) electrons. The molecule has 0 spiro atoms. The van der Waals surface area contributed by atoms with Gasteiger partial charge in [0.15, 0.2) is 0 Å². The van der Waals surface area contributed by atoms with Gasteiger partial charge < -0.3 is 19.4 Å². The van der Waals surface area contributed by atoms with Gasteiger partial charge in [-0.25, -0.2) is 0 Å². The quantitative estimate of drug-likeness (QED) is 0.818. The van der Waals surface area contributed by atoms with Crippen LogP contribution in [0.25, 0.3) is 0 Å². The van der Waals surface area contributed by atoms with E-state index in [2.05, 4.69) is 11.4 Å². The monoisotopic (exact) mass is 319 g/mol. The molecule has 0 aromatic carbocycles. The number of hydrogen-bond donors (Lipinski definition) is 1. The molecular weight excluding hydrogens is 294 g/mol. The summed E-state index contributed by atoms with van der Waals surface area (Å²) in [4.78, 5) is 12.1. The van der Waals surface area contributed by atoms with Gasteiger partial charge in [0.1, 0.15) is 11.9 Å². The molecule has 6 nitrogen and oxygen atoms in total. The van der Waals surface area contributed by atoms with Crippen molar-refractivity contribution in [2.45, 2.75) is 51.7 Å². The van der Waals surface area contributed by atoms with Crippen molar-refractivity contribution in [2.24, 2.45) is 0 Å². The molecule has 1 atom stereocenters. The average Bonchev–Trinajstić information content (AvgIpc) is 3.12. The van der Waals surface area contributed by atoms with E-state index in [0.717, 1.165) is 19.4 Å². The molecule has 0 unspecified atom stereocenters. The van der Waals surface area contributed by atoms with E-state index in [1.165, 1.54) is 0 Å². The van der Waals surface area contributed by atoms with E-state index in [-0.39, 0.29) is 24.0 Å². The molecule has 1 aromatic heterocycles. The predicted molar refractivity (Wildman–Crippen MR) is 87.2 cm³/mol. The van der Waals surface area contributed by atoms with Crippen LogP contribution in [-0.4, -0.2) is 36.4 Å². The number of ether oxygens (including phenoxy) is 2. The van der Waals surface area contributed by atoms with Crippen LogP contribution in [0.15, 0.2) is 12.3 Å². The van der Waals surface area contributed by atoms with Crippen molar-refractivity contribution in [1.82, 2.24) is 4.57 Å². The smallest absolute Gasteiger partial charge is 0.227 e. The summed E-state index contributed by atoms with van der Waals surface area (Å²) in [6.45, 7) is 7.79. The highest BCUT2D eigenvalue weighted by Gasteiger charge is 2.19. The summed E-state index contributed by atoms with van der Waals surface area (Å²) in [5.74, 6) is 0.517. The molecule has 1 amide bonds. The molecule has 2 rings (SSSR count). The lowest BCUT2D eigenvalue weighted by atomic mass is 10.1. The van der Waals surface area contributed by atoms with E-state index in [1.54, 1.807) is 12.3 Å². The summed E-state index contributed by atoms with van der Waals surface area (Å²) in [5, 5.41) is 11.9. The van der Waals surface area contributed by atoms with Crippen molar-refractivity contribution < 1.29 is 14.3 Å². The maximum atomic E-state index is 12.1. The summed E-state index contributed by atoms with van der Waals surface area (Å²) in [7, 11) is 0. The maximum absolute atomic E-state index is 12.1. The van der Waals surface area contributed by atoms with Crippen molar-refractivity contribution in [1.29, 1.82) is 5.26 Å². The topological polar surface area (TPSA) is 76.3 Å². The minimum atomic E-state index is -0.214. The Hall–Kier alpha value is -1.84. The molecular formula is C17H25N3O3. The van der Waals surface area contributed by atoms with E-state index >= 15 is 0 Å². The Morgan fingerprint density at radius 3 is 2.96 bits per heavy atom. The third-order valence-electron chi connectivity index (χ3n) is 3.74. The minimum Gasteiger partial charge on any atom is -0.378 e. The number of carbonyl (C=O) groups excluding carboxylic acids is 1. The molecule has 0 bridgehead atoms. The number of aromatic nitrogens is 1. The maximum Gasteiger partial charge on any atom is 0.227 e. The molecule has 1 aliphatic heterocycles. The number of rotatable bonds is 6. The van der Waals surface area contributed by atoms with Crippen molar-refractivity contribution >= 4 is 11.7 Å². The molecule has 1 aliphatic rings. The van der Waals surface area contributed by atoms with Crippen LogP contribution < -0.4 is 5.32 Å². The first-order valence-corrected chi connectivity index (χ1v) is 8.02.